The molecule has 1 atom stereocenters. The summed E-state index contributed by atoms with van der Waals surface area (Å²) in [6, 6.07) is 13.6. The molecule has 0 saturated carbocycles. The standard InChI is InChI=1S/C15H30N2.C10H20N2.C9H12.C5H12.C4H10.4C2H6.2CH4/c1-13(2)16-9-5-15(6-10-16)7-11-17(12-8-15)14(3)4;1-9(2)12-7-6-11-5-3-4-10(11)8-12;1-8(2)9-6-4-3-5-7-9;1-4-5(2)3;1-4(2)3;4*1-2;;/h13-14H,5-12H2,1-4H3;9-10H,3-8H2,1-2H3;3-8H,1-2H3;5H,4H2,1-3H3;4H,1-3H3;4*1-2H3;2*1H4. The molecule has 0 amide bonds. The van der Waals surface area contributed by atoms with Crippen LogP contribution in [0.2, 0.25) is 0 Å². The van der Waals surface area contributed by atoms with E-state index < -0.39 is 0 Å². The van der Waals surface area contributed by atoms with E-state index in [0.29, 0.717) is 11.3 Å². The molecule has 0 aromatic heterocycles. The Balaban J connectivity index is -0.000000144. The number of hydrogen-bond donors (Lipinski definition) is 0. The monoisotopic (exact) mass is 809 g/mol. The molecule has 1 aromatic carbocycles. The van der Waals surface area contributed by atoms with Crippen LogP contribution in [0.3, 0.4) is 0 Å². The van der Waals surface area contributed by atoms with Crippen LogP contribution in [0.15, 0.2) is 30.3 Å². The summed E-state index contributed by atoms with van der Waals surface area (Å²) >= 11 is 0. The molecule has 0 aliphatic carbocycles. The SMILES string of the molecule is C.C.CC.CC.CC.CC.CC(C)C.CC(C)N1CCC2(CC1)CCN(C(C)C)CC2.CC(C)N1CCN2CCCC2C1.CC(C)c1ccccc1.CCC(C)C. The summed E-state index contributed by atoms with van der Waals surface area (Å²) in [5.41, 5.74) is 2.12. The largest absolute Gasteiger partial charge is 0.301 e. The fourth-order valence-electron chi connectivity index (χ4n) is 6.85. The number of hydrogen-bond acceptors (Lipinski definition) is 4. The van der Waals surface area contributed by atoms with Gasteiger partial charge in [-0.3, -0.25) is 9.80 Å². The van der Waals surface area contributed by atoms with Gasteiger partial charge in [-0.1, -0.05) is 162 Å². The highest BCUT2D eigenvalue weighted by Crippen LogP contribution is 2.41. The van der Waals surface area contributed by atoms with Gasteiger partial charge in [0.05, 0.1) is 0 Å². The first-order chi connectivity index (χ1) is 26.1. The van der Waals surface area contributed by atoms with Crippen molar-refractivity contribution in [1.29, 1.82) is 0 Å². The lowest BCUT2D eigenvalue weighted by atomic mass is 9.71. The fourth-order valence-corrected chi connectivity index (χ4v) is 6.85. The van der Waals surface area contributed by atoms with Gasteiger partial charge < -0.3 is 9.80 Å². The number of nitrogens with zero attached hydrogens (tertiary/aromatic N) is 4. The van der Waals surface area contributed by atoms with Gasteiger partial charge in [0.2, 0.25) is 0 Å². The number of piperazine rings is 1. The summed E-state index contributed by atoms with van der Waals surface area (Å²) < 4.78 is 0. The maximum absolute atomic E-state index is 2.67. The molecule has 4 aliphatic heterocycles. The van der Waals surface area contributed by atoms with E-state index in [-0.39, 0.29) is 14.9 Å². The molecule has 0 radical (unpaired) electrons. The summed E-state index contributed by atoms with van der Waals surface area (Å²) in [4.78, 5) is 10.6. The molecular formula is C53H116N4. The Hall–Kier alpha value is -0.940. The second kappa shape index (κ2) is 43.2. The second-order valence-electron chi connectivity index (χ2n) is 17.3. The molecule has 1 spiro atoms. The molecular weight excluding hydrogens is 693 g/mol. The molecule has 0 bridgehead atoms. The van der Waals surface area contributed by atoms with Crippen LogP contribution < -0.4 is 0 Å². The molecule has 4 heteroatoms. The number of likely N-dealkylation sites (tertiary alicyclic amines) is 2. The fraction of sp³-hybridized carbons (Fsp3) is 0.887. The van der Waals surface area contributed by atoms with Crippen LogP contribution in [-0.2, 0) is 0 Å². The van der Waals surface area contributed by atoms with Crippen molar-refractivity contribution in [3.05, 3.63) is 35.9 Å². The molecule has 348 valence electrons. The Morgan fingerprint density at radius 1 is 0.526 bits per heavy atom. The summed E-state index contributed by atoms with van der Waals surface area (Å²) in [6.45, 7) is 58.1. The molecule has 0 N–H and O–H groups in total. The van der Waals surface area contributed by atoms with Gasteiger partial charge in [0, 0.05) is 43.8 Å². The maximum atomic E-state index is 2.67. The zero-order chi connectivity index (χ0) is 43.6. The van der Waals surface area contributed by atoms with Crippen molar-refractivity contribution in [1.82, 2.24) is 19.6 Å². The minimum atomic E-state index is 0. The molecule has 4 fully saturated rings. The minimum Gasteiger partial charge on any atom is -0.301 e. The van der Waals surface area contributed by atoms with E-state index in [9.17, 15) is 0 Å². The molecule has 1 unspecified atom stereocenters. The topological polar surface area (TPSA) is 13.0 Å². The summed E-state index contributed by atoms with van der Waals surface area (Å²) in [5, 5.41) is 0. The van der Waals surface area contributed by atoms with Crippen molar-refractivity contribution in [2.45, 2.75) is 242 Å². The van der Waals surface area contributed by atoms with Crippen molar-refractivity contribution in [3.63, 3.8) is 0 Å². The van der Waals surface area contributed by atoms with Crippen LogP contribution in [0.4, 0.5) is 0 Å². The van der Waals surface area contributed by atoms with E-state index in [2.05, 4.69) is 141 Å². The average molecular weight is 810 g/mol. The molecule has 4 saturated heterocycles. The predicted octanol–water partition coefficient (Wildman–Crippen LogP) is 16.1. The highest BCUT2D eigenvalue weighted by molar-refractivity contribution is 5.17. The Morgan fingerprint density at radius 2 is 0.877 bits per heavy atom. The van der Waals surface area contributed by atoms with E-state index in [4.69, 9.17) is 0 Å². The number of piperidine rings is 2. The van der Waals surface area contributed by atoms with Crippen LogP contribution in [0.5, 0.6) is 0 Å². The second-order valence-corrected chi connectivity index (χ2v) is 17.3. The first-order valence-corrected chi connectivity index (χ1v) is 24.1. The van der Waals surface area contributed by atoms with Crippen molar-refractivity contribution >= 4 is 0 Å². The van der Waals surface area contributed by atoms with Crippen LogP contribution in [0, 0.1) is 17.3 Å². The van der Waals surface area contributed by atoms with E-state index in [1.165, 1.54) is 103 Å². The number of rotatable bonds is 5. The third-order valence-corrected chi connectivity index (χ3v) is 10.8. The Bertz CT molecular complexity index is 830. The lowest BCUT2D eigenvalue weighted by molar-refractivity contribution is 0.0168. The van der Waals surface area contributed by atoms with Gasteiger partial charge in [-0.15, -0.1) is 0 Å². The summed E-state index contributed by atoms with van der Waals surface area (Å²) in [7, 11) is 0. The van der Waals surface area contributed by atoms with E-state index in [1.807, 2.05) is 61.5 Å². The molecule has 5 rings (SSSR count). The maximum Gasteiger partial charge on any atom is 0.0224 e. The average Bonchev–Trinajstić information content (AvgIpc) is 3.68. The van der Waals surface area contributed by atoms with Crippen molar-refractivity contribution in [2.24, 2.45) is 17.3 Å². The van der Waals surface area contributed by atoms with Crippen molar-refractivity contribution in [2.75, 3.05) is 52.4 Å². The zero-order valence-electron chi connectivity index (χ0n) is 42.3. The summed E-state index contributed by atoms with van der Waals surface area (Å²) in [6.07, 6.45) is 9.93. The Kier molecular flexibility index (Phi) is 51.4. The summed E-state index contributed by atoms with van der Waals surface area (Å²) in [5.74, 6) is 2.38. The zero-order valence-corrected chi connectivity index (χ0v) is 42.3. The van der Waals surface area contributed by atoms with E-state index in [0.717, 1.165) is 36.0 Å². The van der Waals surface area contributed by atoms with Crippen LogP contribution in [0.25, 0.3) is 0 Å². The molecule has 4 heterocycles. The van der Waals surface area contributed by atoms with Gasteiger partial charge in [0.1, 0.15) is 0 Å². The minimum absolute atomic E-state index is 0. The van der Waals surface area contributed by atoms with E-state index in [1.54, 1.807) is 0 Å². The number of benzene rings is 1. The van der Waals surface area contributed by atoms with Gasteiger partial charge in [-0.25, -0.2) is 0 Å². The van der Waals surface area contributed by atoms with Crippen LogP contribution >= 0.6 is 0 Å². The first kappa shape index (κ1) is 67.8. The van der Waals surface area contributed by atoms with Crippen LogP contribution in [0.1, 0.15) is 224 Å². The van der Waals surface area contributed by atoms with Gasteiger partial charge in [0.15, 0.2) is 0 Å². The molecule has 1 aromatic rings. The predicted molar refractivity (Wildman–Crippen MR) is 271 cm³/mol. The van der Waals surface area contributed by atoms with Crippen molar-refractivity contribution in [3.8, 4) is 0 Å². The van der Waals surface area contributed by atoms with Gasteiger partial charge in [0.25, 0.3) is 0 Å². The van der Waals surface area contributed by atoms with E-state index >= 15 is 0 Å². The third kappa shape index (κ3) is 33.5. The quantitative estimate of drug-likeness (QED) is 0.294. The van der Waals surface area contributed by atoms with Gasteiger partial charge >= 0.3 is 0 Å². The smallest absolute Gasteiger partial charge is 0.0224 e. The molecule has 57 heavy (non-hydrogen) atoms. The van der Waals surface area contributed by atoms with Crippen molar-refractivity contribution < 1.29 is 0 Å². The number of fused-ring (bicyclic) bond motifs is 1. The Morgan fingerprint density at radius 3 is 1.16 bits per heavy atom. The van der Waals surface area contributed by atoms with Gasteiger partial charge in [-0.2, -0.15) is 0 Å². The third-order valence-electron chi connectivity index (χ3n) is 10.8. The van der Waals surface area contributed by atoms with Gasteiger partial charge in [-0.05, 0) is 142 Å². The molecule has 4 nitrogen and oxygen atoms in total. The lowest BCUT2D eigenvalue weighted by Gasteiger charge is -2.48. The van der Waals surface area contributed by atoms with Crippen LogP contribution in [-0.4, -0.2) is 96.1 Å². The normalized spacial score (nSPS) is 18.5. The molecule has 4 aliphatic rings. The lowest BCUT2D eigenvalue weighted by Crippen LogP contribution is -2.52. The Labute approximate surface area is 366 Å². The highest BCUT2D eigenvalue weighted by Gasteiger charge is 2.38. The highest BCUT2D eigenvalue weighted by atomic mass is 15.3. The first-order valence-electron chi connectivity index (χ1n) is 24.1.